The minimum absolute atomic E-state index is 0.392. The van der Waals surface area contributed by atoms with E-state index in [1.807, 2.05) is 6.92 Å². The minimum atomic E-state index is -1.22. The number of aryl methyl sites for hydroxylation is 1. The number of carbonyl (C=O) groups excluding carboxylic acids is 1. The summed E-state index contributed by atoms with van der Waals surface area (Å²) in [5, 5.41) is 17.2. The molecule has 0 bridgehead atoms. The van der Waals surface area contributed by atoms with Gasteiger partial charge in [0.2, 0.25) is 0 Å². The zero-order valence-corrected chi connectivity index (χ0v) is 9.58. The molecule has 0 atom stereocenters. The van der Waals surface area contributed by atoms with E-state index in [9.17, 15) is 4.79 Å². The molecule has 0 spiro atoms. The van der Waals surface area contributed by atoms with Crippen LogP contribution in [0.15, 0.2) is 22.7 Å². The molecule has 1 rings (SSSR count). The van der Waals surface area contributed by atoms with E-state index in [0.29, 0.717) is 5.56 Å². The largest absolute Gasteiger partial charge is 0.291 e. The van der Waals surface area contributed by atoms with Crippen LogP contribution in [0.25, 0.3) is 0 Å². The van der Waals surface area contributed by atoms with Gasteiger partial charge < -0.3 is 0 Å². The normalized spacial score (nSPS) is 9.40. The number of rotatable bonds is 2. The molecular formula is C11H7BrN2O. The molecule has 0 aliphatic rings. The highest BCUT2D eigenvalue weighted by atomic mass is 79.9. The van der Waals surface area contributed by atoms with Gasteiger partial charge in [0.1, 0.15) is 0 Å². The lowest BCUT2D eigenvalue weighted by Gasteiger charge is -2.03. The maximum absolute atomic E-state index is 11.6. The first-order chi connectivity index (χ1) is 7.10. The molecule has 1 aromatic carbocycles. The van der Waals surface area contributed by atoms with E-state index in [1.54, 1.807) is 30.3 Å². The van der Waals surface area contributed by atoms with Crippen LogP contribution >= 0.6 is 15.9 Å². The van der Waals surface area contributed by atoms with Gasteiger partial charge in [0, 0.05) is 10.0 Å². The second-order valence-corrected chi connectivity index (χ2v) is 3.87. The number of ketones is 1. The van der Waals surface area contributed by atoms with Crippen LogP contribution in [-0.4, -0.2) is 5.78 Å². The number of hydrogen-bond acceptors (Lipinski definition) is 3. The number of halogens is 1. The molecule has 0 aromatic heterocycles. The fraction of sp³-hybridized carbons (Fsp3) is 0.182. The third kappa shape index (κ3) is 2.43. The van der Waals surface area contributed by atoms with E-state index in [2.05, 4.69) is 15.9 Å². The van der Waals surface area contributed by atoms with Gasteiger partial charge in [-0.3, -0.25) is 4.79 Å². The summed E-state index contributed by atoms with van der Waals surface area (Å²) in [7, 11) is 0. The van der Waals surface area contributed by atoms with Crippen molar-refractivity contribution < 1.29 is 4.79 Å². The van der Waals surface area contributed by atoms with Crippen molar-refractivity contribution in [3.8, 4) is 12.1 Å². The molecule has 0 aliphatic heterocycles. The first-order valence-electron chi connectivity index (χ1n) is 4.19. The molecule has 3 nitrogen and oxygen atoms in total. The fourth-order valence-electron chi connectivity index (χ4n) is 1.11. The van der Waals surface area contributed by atoms with E-state index in [1.165, 1.54) is 0 Å². The Morgan fingerprint density at radius 2 is 2.00 bits per heavy atom. The monoisotopic (exact) mass is 262 g/mol. The van der Waals surface area contributed by atoms with Crippen LogP contribution in [0.5, 0.6) is 0 Å². The Morgan fingerprint density at radius 3 is 2.47 bits per heavy atom. The molecular weight excluding hydrogens is 256 g/mol. The van der Waals surface area contributed by atoms with Gasteiger partial charge in [0.05, 0.1) is 12.1 Å². The highest BCUT2D eigenvalue weighted by Gasteiger charge is 2.19. The van der Waals surface area contributed by atoms with Gasteiger partial charge >= 0.3 is 0 Å². The molecule has 0 N–H and O–H groups in total. The maximum atomic E-state index is 11.6. The fourth-order valence-corrected chi connectivity index (χ4v) is 1.36. The van der Waals surface area contributed by atoms with Crippen molar-refractivity contribution in [3.63, 3.8) is 0 Å². The van der Waals surface area contributed by atoms with Crippen LogP contribution in [0.3, 0.4) is 0 Å². The second-order valence-electron chi connectivity index (χ2n) is 3.02. The van der Waals surface area contributed by atoms with Crippen LogP contribution in [0.2, 0.25) is 0 Å². The molecule has 15 heavy (non-hydrogen) atoms. The summed E-state index contributed by atoms with van der Waals surface area (Å²) in [6.07, 6.45) is 0. The summed E-state index contributed by atoms with van der Waals surface area (Å²) >= 11 is 3.31. The molecule has 0 unspecified atom stereocenters. The van der Waals surface area contributed by atoms with Gasteiger partial charge in [-0.25, -0.2) is 0 Å². The molecule has 0 heterocycles. The average Bonchev–Trinajstić information content (AvgIpc) is 2.23. The zero-order chi connectivity index (χ0) is 11.4. The van der Waals surface area contributed by atoms with Crippen LogP contribution < -0.4 is 0 Å². The Morgan fingerprint density at radius 1 is 1.40 bits per heavy atom. The maximum Gasteiger partial charge on any atom is 0.195 e. The highest BCUT2D eigenvalue weighted by molar-refractivity contribution is 9.10. The van der Waals surface area contributed by atoms with Crippen molar-refractivity contribution in [2.75, 3.05) is 0 Å². The van der Waals surface area contributed by atoms with Crippen molar-refractivity contribution >= 4 is 21.7 Å². The number of nitrogens with zero attached hydrogens (tertiary/aromatic N) is 2. The number of hydrogen-bond donors (Lipinski definition) is 0. The number of carbonyl (C=O) groups is 1. The van der Waals surface area contributed by atoms with E-state index in [4.69, 9.17) is 10.5 Å². The molecule has 74 valence electrons. The van der Waals surface area contributed by atoms with Gasteiger partial charge in [-0.2, -0.15) is 10.5 Å². The Hall–Kier alpha value is -1.65. The average molecular weight is 263 g/mol. The first kappa shape index (κ1) is 11.4. The van der Waals surface area contributed by atoms with Gasteiger partial charge in [-0.15, -0.1) is 0 Å². The second kappa shape index (κ2) is 4.72. The minimum Gasteiger partial charge on any atom is -0.291 e. The Balaban J connectivity index is 3.09. The molecule has 0 aliphatic carbocycles. The Bertz CT molecular complexity index is 468. The quantitative estimate of drug-likeness (QED) is 0.770. The lowest BCUT2D eigenvalue weighted by Crippen LogP contribution is -2.10. The molecule has 1 aromatic rings. The van der Waals surface area contributed by atoms with E-state index < -0.39 is 11.7 Å². The van der Waals surface area contributed by atoms with Gasteiger partial charge in [0.15, 0.2) is 11.7 Å². The predicted molar refractivity (Wildman–Crippen MR) is 57.9 cm³/mol. The predicted octanol–water partition coefficient (Wildman–Crippen LogP) is 2.60. The van der Waals surface area contributed by atoms with E-state index in [-0.39, 0.29) is 0 Å². The van der Waals surface area contributed by atoms with Gasteiger partial charge in [-0.05, 0) is 24.6 Å². The summed E-state index contributed by atoms with van der Waals surface area (Å²) in [5.41, 5.74) is 1.29. The van der Waals surface area contributed by atoms with Crippen LogP contribution in [-0.2, 0) is 0 Å². The Labute approximate surface area is 96.1 Å². The zero-order valence-electron chi connectivity index (χ0n) is 7.99. The summed E-state index contributed by atoms with van der Waals surface area (Å²) in [4.78, 5) is 11.6. The van der Waals surface area contributed by atoms with Crippen LogP contribution in [0.1, 0.15) is 15.9 Å². The molecule has 4 heteroatoms. The topological polar surface area (TPSA) is 64.7 Å². The molecule has 0 fully saturated rings. The summed E-state index contributed by atoms with van der Waals surface area (Å²) in [5.74, 6) is -1.67. The third-order valence-corrected chi connectivity index (χ3v) is 2.85. The highest BCUT2D eigenvalue weighted by Crippen LogP contribution is 2.18. The van der Waals surface area contributed by atoms with Crippen molar-refractivity contribution in [3.05, 3.63) is 33.8 Å². The lowest BCUT2D eigenvalue weighted by atomic mass is 9.99. The van der Waals surface area contributed by atoms with Crippen molar-refractivity contribution in [1.82, 2.24) is 0 Å². The van der Waals surface area contributed by atoms with E-state index >= 15 is 0 Å². The number of nitriles is 2. The summed E-state index contributed by atoms with van der Waals surface area (Å²) in [6, 6.07) is 8.31. The van der Waals surface area contributed by atoms with Crippen molar-refractivity contribution in [2.45, 2.75) is 6.92 Å². The molecule has 0 saturated carbocycles. The standard InChI is InChI=1S/C11H7BrN2O/c1-7-4-8(2-3-10(7)12)11(15)9(5-13)6-14/h2-4,9H,1H3. The smallest absolute Gasteiger partial charge is 0.195 e. The van der Waals surface area contributed by atoms with Crippen LogP contribution in [0.4, 0.5) is 0 Å². The number of Topliss-reactive ketones (excluding diaryl/α,β-unsaturated/α-hetero) is 1. The lowest BCUT2D eigenvalue weighted by molar-refractivity contribution is 0.0971. The first-order valence-corrected chi connectivity index (χ1v) is 4.99. The van der Waals surface area contributed by atoms with Crippen molar-refractivity contribution in [1.29, 1.82) is 10.5 Å². The van der Waals surface area contributed by atoms with Crippen LogP contribution in [0, 0.1) is 35.5 Å². The molecule has 0 amide bonds. The Kier molecular flexibility index (Phi) is 3.60. The van der Waals surface area contributed by atoms with Gasteiger partial charge in [0.25, 0.3) is 0 Å². The molecule has 0 saturated heterocycles. The number of benzene rings is 1. The third-order valence-electron chi connectivity index (χ3n) is 1.96. The molecule has 0 radical (unpaired) electrons. The van der Waals surface area contributed by atoms with Crippen molar-refractivity contribution in [2.24, 2.45) is 5.92 Å². The summed E-state index contributed by atoms with van der Waals surface area (Å²) < 4.78 is 0.893. The van der Waals surface area contributed by atoms with Gasteiger partial charge in [-0.1, -0.05) is 22.0 Å². The van der Waals surface area contributed by atoms with E-state index in [0.717, 1.165) is 10.0 Å². The summed E-state index contributed by atoms with van der Waals surface area (Å²) in [6.45, 7) is 1.84. The SMILES string of the molecule is Cc1cc(C(=O)C(C#N)C#N)ccc1Br.